The number of anilines is 3. The van der Waals surface area contributed by atoms with Gasteiger partial charge in [-0.1, -0.05) is 48.9 Å². The SMILES string of the molecule is Cc1cc(NC(=O)[C@H](Nc2cccc(CN)c2)c2ccccc2)ccc1N1CCCCCC1=O. The zero-order chi connectivity index (χ0) is 23.9. The molecule has 3 aromatic rings. The Labute approximate surface area is 201 Å². The Morgan fingerprint density at radius 2 is 1.79 bits per heavy atom. The fourth-order valence-electron chi connectivity index (χ4n) is 4.39. The Morgan fingerprint density at radius 3 is 2.56 bits per heavy atom. The van der Waals surface area contributed by atoms with Crippen molar-refractivity contribution in [3.05, 3.63) is 89.5 Å². The van der Waals surface area contributed by atoms with Crippen molar-refractivity contribution >= 4 is 28.9 Å². The first-order valence-corrected chi connectivity index (χ1v) is 11.9. The van der Waals surface area contributed by atoms with Crippen molar-refractivity contribution in [1.29, 1.82) is 0 Å². The topological polar surface area (TPSA) is 87.5 Å². The fraction of sp³-hybridized carbons (Fsp3) is 0.286. The summed E-state index contributed by atoms with van der Waals surface area (Å²) in [5.74, 6) is 0.00721. The highest BCUT2D eigenvalue weighted by molar-refractivity contribution is 5.98. The molecule has 0 aromatic heterocycles. The third-order valence-electron chi connectivity index (χ3n) is 6.20. The Hall–Kier alpha value is -3.64. The molecule has 3 aromatic carbocycles. The molecule has 6 nitrogen and oxygen atoms in total. The largest absolute Gasteiger partial charge is 0.370 e. The molecular formula is C28H32N4O2. The van der Waals surface area contributed by atoms with E-state index in [9.17, 15) is 9.59 Å². The Kier molecular flexibility index (Phi) is 7.60. The van der Waals surface area contributed by atoms with Crippen molar-refractivity contribution in [3.8, 4) is 0 Å². The van der Waals surface area contributed by atoms with Crippen LogP contribution in [-0.4, -0.2) is 18.4 Å². The summed E-state index contributed by atoms with van der Waals surface area (Å²) in [5, 5.41) is 6.41. The summed E-state index contributed by atoms with van der Waals surface area (Å²) in [6.07, 6.45) is 3.63. The van der Waals surface area contributed by atoms with E-state index in [1.165, 1.54) is 0 Å². The minimum absolute atomic E-state index is 0.164. The molecule has 0 aliphatic carbocycles. The summed E-state index contributed by atoms with van der Waals surface area (Å²) in [7, 11) is 0. The smallest absolute Gasteiger partial charge is 0.251 e. The number of benzene rings is 3. The van der Waals surface area contributed by atoms with E-state index >= 15 is 0 Å². The Bertz CT molecular complexity index is 1150. The summed E-state index contributed by atoms with van der Waals surface area (Å²) in [5.41, 5.74) is 11.1. The van der Waals surface area contributed by atoms with Crippen LogP contribution in [0.2, 0.25) is 0 Å². The van der Waals surface area contributed by atoms with Crippen LogP contribution in [0.15, 0.2) is 72.8 Å². The molecule has 1 heterocycles. The molecular weight excluding hydrogens is 424 g/mol. The van der Waals surface area contributed by atoms with Gasteiger partial charge >= 0.3 is 0 Å². The van der Waals surface area contributed by atoms with E-state index in [0.29, 0.717) is 18.7 Å². The summed E-state index contributed by atoms with van der Waals surface area (Å²) < 4.78 is 0. The monoisotopic (exact) mass is 456 g/mol. The number of hydrogen-bond acceptors (Lipinski definition) is 4. The number of aryl methyl sites for hydroxylation is 1. The third kappa shape index (κ3) is 5.64. The molecule has 34 heavy (non-hydrogen) atoms. The van der Waals surface area contributed by atoms with Crippen LogP contribution in [-0.2, 0) is 16.1 Å². The van der Waals surface area contributed by atoms with Crippen LogP contribution in [0.5, 0.6) is 0 Å². The summed E-state index contributed by atoms with van der Waals surface area (Å²) in [6, 6.07) is 22.6. The first-order chi connectivity index (χ1) is 16.5. The molecule has 0 saturated carbocycles. The predicted molar refractivity (Wildman–Crippen MR) is 138 cm³/mol. The Balaban J connectivity index is 1.55. The van der Waals surface area contributed by atoms with E-state index in [2.05, 4.69) is 10.6 Å². The highest BCUT2D eigenvalue weighted by Crippen LogP contribution is 2.28. The second-order valence-corrected chi connectivity index (χ2v) is 8.74. The number of rotatable bonds is 7. The van der Waals surface area contributed by atoms with Crippen LogP contribution < -0.4 is 21.3 Å². The van der Waals surface area contributed by atoms with E-state index in [-0.39, 0.29) is 11.8 Å². The molecule has 1 atom stereocenters. The molecule has 4 N–H and O–H groups in total. The van der Waals surface area contributed by atoms with Gasteiger partial charge in [-0.3, -0.25) is 9.59 Å². The maximum atomic E-state index is 13.4. The number of nitrogens with zero attached hydrogens (tertiary/aromatic N) is 1. The molecule has 176 valence electrons. The van der Waals surface area contributed by atoms with E-state index in [1.807, 2.05) is 84.6 Å². The second-order valence-electron chi connectivity index (χ2n) is 8.74. The van der Waals surface area contributed by atoms with Crippen molar-refractivity contribution in [2.75, 3.05) is 22.1 Å². The van der Waals surface area contributed by atoms with Crippen LogP contribution >= 0.6 is 0 Å². The van der Waals surface area contributed by atoms with Crippen LogP contribution in [0.4, 0.5) is 17.1 Å². The van der Waals surface area contributed by atoms with Gasteiger partial charge in [0, 0.05) is 36.6 Å². The highest BCUT2D eigenvalue weighted by atomic mass is 16.2. The average Bonchev–Trinajstić information content (AvgIpc) is 3.07. The van der Waals surface area contributed by atoms with Crippen molar-refractivity contribution in [2.45, 2.75) is 45.2 Å². The van der Waals surface area contributed by atoms with E-state index < -0.39 is 6.04 Å². The quantitative estimate of drug-likeness (QED) is 0.459. The number of hydrogen-bond donors (Lipinski definition) is 3. The van der Waals surface area contributed by atoms with E-state index in [4.69, 9.17) is 5.73 Å². The average molecular weight is 457 g/mol. The molecule has 0 radical (unpaired) electrons. The zero-order valence-corrected chi connectivity index (χ0v) is 19.6. The molecule has 2 amide bonds. The normalized spacial score (nSPS) is 14.9. The number of nitrogens with two attached hydrogens (primary N) is 1. The molecule has 0 spiro atoms. The van der Waals surface area contributed by atoms with Gasteiger partial charge in [-0.2, -0.15) is 0 Å². The molecule has 1 aliphatic rings. The molecule has 4 rings (SSSR count). The first-order valence-electron chi connectivity index (χ1n) is 11.9. The number of nitrogens with one attached hydrogen (secondary N) is 2. The van der Waals surface area contributed by atoms with Gasteiger partial charge in [0.1, 0.15) is 6.04 Å². The summed E-state index contributed by atoms with van der Waals surface area (Å²) >= 11 is 0. The van der Waals surface area contributed by atoms with Crippen LogP contribution in [0.3, 0.4) is 0 Å². The Morgan fingerprint density at radius 1 is 0.971 bits per heavy atom. The van der Waals surface area contributed by atoms with Gasteiger partial charge in [-0.25, -0.2) is 0 Å². The van der Waals surface area contributed by atoms with Gasteiger partial charge in [0.15, 0.2) is 0 Å². The molecule has 6 heteroatoms. The van der Waals surface area contributed by atoms with Gasteiger partial charge in [0.2, 0.25) is 5.91 Å². The highest BCUT2D eigenvalue weighted by Gasteiger charge is 2.23. The second kappa shape index (κ2) is 11.0. The molecule has 1 aliphatic heterocycles. The third-order valence-corrected chi connectivity index (χ3v) is 6.20. The fourth-order valence-corrected chi connectivity index (χ4v) is 4.39. The number of carbonyl (C=O) groups is 2. The van der Waals surface area contributed by atoms with Gasteiger partial charge in [0.25, 0.3) is 5.91 Å². The van der Waals surface area contributed by atoms with Crippen LogP contribution in [0.1, 0.15) is 48.4 Å². The van der Waals surface area contributed by atoms with Crippen molar-refractivity contribution in [1.82, 2.24) is 0 Å². The number of amides is 2. The van der Waals surface area contributed by atoms with Gasteiger partial charge in [-0.05, 0) is 66.8 Å². The van der Waals surface area contributed by atoms with Crippen LogP contribution in [0, 0.1) is 6.92 Å². The van der Waals surface area contributed by atoms with Crippen molar-refractivity contribution in [2.24, 2.45) is 5.73 Å². The predicted octanol–water partition coefficient (Wildman–Crippen LogP) is 5.15. The molecule has 1 saturated heterocycles. The standard InChI is InChI=1S/C28H32N4O2/c1-20-17-24(14-15-25(20)32-16-7-3-6-13-26(32)33)31-28(34)27(22-10-4-2-5-11-22)30-23-12-8-9-21(18-23)19-29/h2,4-5,8-12,14-15,17-18,27,30H,3,6-7,13,16,19,29H2,1H3,(H,31,34)/t27-/m1/s1. The lowest BCUT2D eigenvalue weighted by Crippen LogP contribution is -2.30. The minimum Gasteiger partial charge on any atom is -0.370 e. The lowest BCUT2D eigenvalue weighted by molar-refractivity contribution is -0.118. The molecule has 0 bridgehead atoms. The lowest BCUT2D eigenvalue weighted by atomic mass is 10.0. The lowest BCUT2D eigenvalue weighted by Gasteiger charge is -2.24. The summed E-state index contributed by atoms with van der Waals surface area (Å²) in [6.45, 7) is 3.16. The zero-order valence-electron chi connectivity index (χ0n) is 19.6. The van der Waals surface area contributed by atoms with Crippen molar-refractivity contribution in [3.63, 3.8) is 0 Å². The molecule has 0 unspecified atom stereocenters. The molecule has 1 fully saturated rings. The van der Waals surface area contributed by atoms with Gasteiger partial charge in [-0.15, -0.1) is 0 Å². The van der Waals surface area contributed by atoms with E-state index in [1.54, 1.807) is 0 Å². The number of carbonyl (C=O) groups excluding carboxylic acids is 2. The van der Waals surface area contributed by atoms with E-state index in [0.717, 1.165) is 53.9 Å². The van der Waals surface area contributed by atoms with Crippen LogP contribution in [0.25, 0.3) is 0 Å². The first kappa shape index (κ1) is 23.5. The minimum atomic E-state index is -0.582. The maximum Gasteiger partial charge on any atom is 0.251 e. The maximum absolute atomic E-state index is 13.4. The summed E-state index contributed by atoms with van der Waals surface area (Å²) in [4.78, 5) is 27.8. The van der Waals surface area contributed by atoms with Crippen molar-refractivity contribution < 1.29 is 9.59 Å². The van der Waals surface area contributed by atoms with Gasteiger partial charge in [0.05, 0.1) is 0 Å². The van der Waals surface area contributed by atoms with Gasteiger partial charge < -0.3 is 21.3 Å².